The monoisotopic (exact) mass is 284 g/mol. The molecule has 2 rings (SSSR count). The minimum atomic E-state index is -0.838. The highest BCUT2D eigenvalue weighted by atomic mass is 32.2. The van der Waals surface area contributed by atoms with Crippen molar-refractivity contribution in [3.05, 3.63) is 0 Å². The number of carboxylic acid groups (broad SMARTS) is 1. The standard InChI is InChI=1S/C12H20N4O2S/c1-8-4-9(2)6-16(5-8)11-13-14-12(15(11)3)19-7-10(17)18/h8-9H,4-7H2,1-3H3,(H,17,18). The third-order valence-electron chi connectivity index (χ3n) is 3.29. The molecule has 1 saturated heterocycles. The highest BCUT2D eigenvalue weighted by Crippen LogP contribution is 2.27. The van der Waals surface area contributed by atoms with Crippen LogP contribution in [0.25, 0.3) is 0 Å². The Morgan fingerprint density at radius 1 is 1.37 bits per heavy atom. The summed E-state index contributed by atoms with van der Waals surface area (Å²) >= 11 is 1.20. The molecule has 0 saturated carbocycles. The third-order valence-corrected chi connectivity index (χ3v) is 4.29. The van der Waals surface area contributed by atoms with Gasteiger partial charge in [0.15, 0.2) is 5.16 Å². The second-order valence-electron chi connectivity index (χ2n) is 5.38. The minimum Gasteiger partial charge on any atom is -0.481 e. The summed E-state index contributed by atoms with van der Waals surface area (Å²) in [6.07, 6.45) is 1.25. The summed E-state index contributed by atoms with van der Waals surface area (Å²) < 4.78 is 1.89. The van der Waals surface area contributed by atoms with Crippen LogP contribution in [-0.2, 0) is 11.8 Å². The maximum Gasteiger partial charge on any atom is 0.313 e. The van der Waals surface area contributed by atoms with E-state index in [0.29, 0.717) is 17.0 Å². The fourth-order valence-corrected chi connectivity index (χ4v) is 3.29. The quantitative estimate of drug-likeness (QED) is 0.844. The largest absolute Gasteiger partial charge is 0.481 e. The summed E-state index contributed by atoms with van der Waals surface area (Å²) in [7, 11) is 1.89. The maximum absolute atomic E-state index is 10.6. The van der Waals surface area contributed by atoms with E-state index >= 15 is 0 Å². The Labute approximate surface area is 117 Å². The van der Waals surface area contributed by atoms with Gasteiger partial charge in [-0.2, -0.15) is 0 Å². The zero-order chi connectivity index (χ0) is 14.0. The molecule has 2 unspecified atom stereocenters. The molecule has 1 aliphatic heterocycles. The van der Waals surface area contributed by atoms with E-state index in [9.17, 15) is 4.79 Å². The van der Waals surface area contributed by atoms with E-state index < -0.39 is 5.97 Å². The number of hydrogen-bond donors (Lipinski definition) is 1. The lowest BCUT2D eigenvalue weighted by molar-refractivity contribution is -0.133. The van der Waals surface area contributed by atoms with Crippen LogP contribution in [0.1, 0.15) is 20.3 Å². The summed E-state index contributed by atoms with van der Waals surface area (Å²) in [4.78, 5) is 12.8. The molecule has 0 spiro atoms. The van der Waals surface area contributed by atoms with E-state index in [-0.39, 0.29) is 5.75 Å². The van der Waals surface area contributed by atoms with Gasteiger partial charge in [0.05, 0.1) is 5.75 Å². The van der Waals surface area contributed by atoms with E-state index in [2.05, 4.69) is 28.9 Å². The molecular formula is C12H20N4O2S. The van der Waals surface area contributed by atoms with Crippen LogP contribution >= 0.6 is 11.8 Å². The topological polar surface area (TPSA) is 71.2 Å². The van der Waals surface area contributed by atoms with Crippen molar-refractivity contribution in [1.82, 2.24) is 14.8 Å². The highest BCUT2D eigenvalue weighted by molar-refractivity contribution is 7.99. The van der Waals surface area contributed by atoms with Gasteiger partial charge < -0.3 is 10.0 Å². The van der Waals surface area contributed by atoms with Gasteiger partial charge in [-0.3, -0.25) is 9.36 Å². The van der Waals surface area contributed by atoms with E-state index in [4.69, 9.17) is 5.11 Å². The smallest absolute Gasteiger partial charge is 0.313 e. The van der Waals surface area contributed by atoms with Crippen LogP contribution in [0.15, 0.2) is 5.16 Å². The first kappa shape index (κ1) is 14.2. The summed E-state index contributed by atoms with van der Waals surface area (Å²) in [5.41, 5.74) is 0. The molecule has 1 aliphatic rings. The van der Waals surface area contributed by atoms with Crippen molar-refractivity contribution < 1.29 is 9.90 Å². The summed E-state index contributed by atoms with van der Waals surface area (Å²) in [6.45, 7) is 6.47. The predicted octanol–water partition coefficient (Wildman–Crippen LogP) is 1.47. The number of nitrogens with zero attached hydrogens (tertiary/aromatic N) is 4. The lowest BCUT2D eigenvalue weighted by Crippen LogP contribution is -2.40. The van der Waals surface area contributed by atoms with Gasteiger partial charge in [-0.25, -0.2) is 0 Å². The highest BCUT2D eigenvalue weighted by Gasteiger charge is 2.25. The first-order valence-electron chi connectivity index (χ1n) is 6.46. The molecule has 0 aliphatic carbocycles. The summed E-state index contributed by atoms with van der Waals surface area (Å²) in [6, 6.07) is 0. The van der Waals surface area contributed by atoms with Gasteiger partial charge in [0.1, 0.15) is 0 Å². The van der Waals surface area contributed by atoms with E-state index in [0.717, 1.165) is 19.0 Å². The normalized spacial score (nSPS) is 23.6. The van der Waals surface area contributed by atoms with Gasteiger partial charge in [0.2, 0.25) is 5.95 Å². The van der Waals surface area contributed by atoms with E-state index in [1.807, 2.05) is 11.6 Å². The Morgan fingerprint density at radius 2 is 2.00 bits per heavy atom. The van der Waals surface area contributed by atoms with Crippen molar-refractivity contribution in [2.45, 2.75) is 25.4 Å². The molecule has 6 nitrogen and oxygen atoms in total. The van der Waals surface area contributed by atoms with Crippen LogP contribution < -0.4 is 4.90 Å². The first-order chi connectivity index (χ1) is 8.97. The molecule has 0 radical (unpaired) electrons. The molecule has 1 aromatic heterocycles. The first-order valence-corrected chi connectivity index (χ1v) is 7.45. The number of hydrogen-bond acceptors (Lipinski definition) is 5. The average molecular weight is 284 g/mol. The second kappa shape index (κ2) is 5.81. The van der Waals surface area contributed by atoms with Crippen molar-refractivity contribution in [3.63, 3.8) is 0 Å². The van der Waals surface area contributed by atoms with E-state index in [1.165, 1.54) is 18.2 Å². The molecule has 0 bridgehead atoms. The molecular weight excluding hydrogens is 264 g/mol. The van der Waals surface area contributed by atoms with E-state index in [1.54, 1.807) is 0 Å². The van der Waals surface area contributed by atoms with Crippen LogP contribution in [0, 0.1) is 11.8 Å². The fraction of sp³-hybridized carbons (Fsp3) is 0.750. The second-order valence-corrected chi connectivity index (χ2v) is 6.32. The molecule has 7 heteroatoms. The molecule has 2 heterocycles. The van der Waals surface area contributed by atoms with Crippen molar-refractivity contribution in [2.75, 3.05) is 23.7 Å². The molecule has 1 fully saturated rings. The number of aromatic nitrogens is 3. The molecule has 2 atom stereocenters. The Bertz CT molecular complexity index is 453. The van der Waals surface area contributed by atoms with Gasteiger partial charge in [0, 0.05) is 20.1 Å². The minimum absolute atomic E-state index is 0.0127. The van der Waals surface area contributed by atoms with Gasteiger partial charge in [-0.05, 0) is 18.3 Å². The SMILES string of the molecule is CC1CC(C)CN(c2nnc(SCC(=O)O)n2C)C1. The average Bonchev–Trinajstić information content (AvgIpc) is 2.66. The molecule has 1 N–H and O–H groups in total. The summed E-state index contributed by atoms with van der Waals surface area (Å²) in [5, 5.41) is 17.7. The Kier molecular flexibility index (Phi) is 4.34. The van der Waals surface area contributed by atoms with Crippen molar-refractivity contribution >= 4 is 23.7 Å². The van der Waals surface area contributed by atoms with Crippen LogP contribution in [0.5, 0.6) is 0 Å². The molecule has 1 aromatic rings. The van der Waals surface area contributed by atoms with Crippen molar-refractivity contribution in [2.24, 2.45) is 18.9 Å². The number of carbonyl (C=O) groups is 1. The maximum atomic E-state index is 10.6. The lowest BCUT2D eigenvalue weighted by Gasteiger charge is -2.35. The predicted molar refractivity (Wildman–Crippen MR) is 74.5 cm³/mol. The Balaban J connectivity index is 2.10. The number of rotatable bonds is 4. The number of carboxylic acids is 1. The van der Waals surface area contributed by atoms with Crippen LogP contribution in [0.3, 0.4) is 0 Å². The fourth-order valence-electron chi connectivity index (χ4n) is 2.66. The zero-order valence-corrected chi connectivity index (χ0v) is 12.4. The number of anilines is 1. The molecule has 0 amide bonds. The van der Waals surface area contributed by atoms with Gasteiger partial charge in [-0.1, -0.05) is 25.6 Å². The van der Waals surface area contributed by atoms with Crippen LogP contribution in [0.2, 0.25) is 0 Å². The number of piperidine rings is 1. The molecule has 19 heavy (non-hydrogen) atoms. The lowest BCUT2D eigenvalue weighted by atomic mass is 9.92. The zero-order valence-electron chi connectivity index (χ0n) is 11.5. The summed E-state index contributed by atoms with van der Waals surface area (Å²) in [5.74, 6) is 1.31. The Morgan fingerprint density at radius 3 is 2.58 bits per heavy atom. The molecule has 0 aromatic carbocycles. The van der Waals surface area contributed by atoms with Crippen LogP contribution in [0.4, 0.5) is 5.95 Å². The van der Waals surface area contributed by atoms with Gasteiger partial charge in [-0.15, -0.1) is 10.2 Å². The Hall–Kier alpha value is -1.24. The van der Waals surface area contributed by atoms with Gasteiger partial charge in [0.25, 0.3) is 0 Å². The van der Waals surface area contributed by atoms with Crippen LogP contribution in [-0.4, -0.2) is 44.7 Å². The number of aliphatic carboxylic acids is 1. The van der Waals surface area contributed by atoms with Gasteiger partial charge >= 0.3 is 5.97 Å². The third kappa shape index (κ3) is 3.40. The molecule has 106 valence electrons. The van der Waals surface area contributed by atoms with Crippen molar-refractivity contribution in [1.29, 1.82) is 0 Å². The number of thioether (sulfide) groups is 1. The van der Waals surface area contributed by atoms with Crippen molar-refractivity contribution in [3.8, 4) is 0 Å².